The van der Waals surface area contributed by atoms with E-state index in [1.807, 2.05) is 23.5 Å². The van der Waals surface area contributed by atoms with Crippen LogP contribution in [-0.4, -0.2) is 20.4 Å². The summed E-state index contributed by atoms with van der Waals surface area (Å²) in [4.78, 5) is 1.40. The summed E-state index contributed by atoms with van der Waals surface area (Å²) in [6, 6.07) is 10.6. The van der Waals surface area contributed by atoms with Crippen molar-refractivity contribution in [1.82, 2.24) is 0 Å². The van der Waals surface area contributed by atoms with Crippen LogP contribution in [0.15, 0.2) is 35.7 Å². The molecule has 2 rings (SSSR count). The molecule has 0 N–H and O–H groups in total. The monoisotopic (exact) mass is 250 g/mol. The minimum atomic E-state index is -0.0351. The van der Waals surface area contributed by atoms with Gasteiger partial charge in [0, 0.05) is 4.88 Å². The standard InChI is InChI=1S/C13H15OPS/c1-14-11-6-4-10(5-7-11)13-12(15(2)3)8-9-16-13/h4-9H,1-3H3. The summed E-state index contributed by atoms with van der Waals surface area (Å²) in [6.07, 6.45) is 0. The average Bonchev–Trinajstić information content (AvgIpc) is 2.78. The highest BCUT2D eigenvalue weighted by Crippen LogP contribution is 2.34. The second kappa shape index (κ2) is 4.99. The largest absolute Gasteiger partial charge is 0.497 e. The Kier molecular flexibility index (Phi) is 3.63. The molecule has 0 saturated heterocycles. The van der Waals surface area contributed by atoms with Gasteiger partial charge in [0.15, 0.2) is 0 Å². The fourth-order valence-corrected chi connectivity index (χ4v) is 4.13. The van der Waals surface area contributed by atoms with E-state index in [0.717, 1.165) is 5.75 Å². The van der Waals surface area contributed by atoms with Crippen LogP contribution in [-0.2, 0) is 0 Å². The van der Waals surface area contributed by atoms with Crippen LogP contribution < -0.4 is 10.0 Å². The van der Waals surface area contributed by atoms with E-state index in [2.05, 4.69) is 36.9 Å². The van der Waals surface area contributed by atoms with E-state index in [1.165, 1.54) is 15.7 Å². The average molecular weight is 250 g/mol. The molecule has 0 bridgehead atoms. The molecule has 0 aliphatic carbocycles. The maximum absolute atomic E-state index is 5.17. The number of hydrogen-bond acceptors (Lipinski definition) is 2. The normalized spacial score (nSPS) is 10.8. The van der Waals surface area contributed by atoms with Crippen LogP contribution in [0.5, 0.6) is 5.75 Å². The van der Waals surface area contributed by atoms with Gasteiger partial charge in [-0.25, -0.2) is 0 Å². The van der Waals surface area contributed by atoms with Gasteiger partial charge < -0.3 is 4.74 Å². The third-order valence-electron chi connectivity index (χ3n) is 2.48. The molecule has 0 unspecified atom stereocenters. The van der Waals surface area contributed by atoms with Gasteiger partial charge in [0.25, 0.3) is 0 Å². The Morgan fingerprint density at radius 2 is 1.75 bits per heavy atom. The number of hydrogen-bond donors (Lipinski definition) is 0. The smallest absolute Gasteiger partial charge is 0.118 e. The minimum Gasteiger partial charge on any atom is -0.497 e. The van der Waals surface area contributed by atoms with Crippen molar-refractivity contribution in [1.29, 1.82) is 0 Å². The van der Waals surface area contributed by atoms with Crippen molar-refractivity contribution in [3.8, 4) is 16.2 Å². The van der Waals surface area contributed by atoms with Gasteiger partial charge in [-0.15, -0.1) is 11.3 Å². The highest BCUT2D eigenvalue weighted by molar-refractivity contribution is 7.65. The molecule has 0 atom stereocenters. The topological polar surface area (TPSA) is 9.23 Å². The second-order valence-corrected chi connectivity index (χ2v) is 6.94. The fourth-order valence-electron chi connectivity index (χ4n) is 1.61. The van der Waals surface area contributed by atoms with Crippen molar-refractivity contribution in [2.45, 2.75) is 0 Å². The molecular formula is C13H15OPS. The van der Waals surface area contributed by atoms with Crippen molar-refractivity contribution >= 4 is 24.6 Å². The molecule has 0 aliphatic rings. The Hall–Kier alpha value is -0.850. The van der Waals surface area contributed by atoms with Crippen LogP contribution in [0, 0.1) is 0 Å². The summed E-state index contributed by atoms with van der Waals surface area (Å²) in [7, 11) is 1.66. The molecular weight excluding hydrogens is 235 g/mol. The van der Waals surface area contributed by atoms with Crippen molar-refractivity contribution in [3.63, 3.8) is 0 Å². The summed E-state index contributed by atoms with van der Waals surface area (Å²) in [5, 5.41) is 3.67. The second-order valence-electron chi connectivity index (χ2n) is 3.76. The predicted molar refractivity (Wildman–Crippen MR) is 74.7 cm³/mol. The quantitative estimate of drug-likeness (QED) is 0.753. The van der Waals surface area contributed by atoms with Crippen LogP contribution in [0.25, 0.3) is 10.4 Å². The first-order valence-electron chi connectivity index (χ1n) is 5.11. The summed E-state index contributed by atoms with van der Waals surface area (Å²) < 4.78 is 5.17. The molecule has 0 fully saturated rings. The minimum absolute atomic E-state index is 0.0351. The summed E-state index contributed by atoms with van der Waals surface area (Å²) in [5.41, 5.74) is 1.29. The van der Waals surface area contributed by atoms with Crippen LogP contribution in [0.4, 0.5) is 0 Å². The first-order chi connectivity index (χ1) is 7.72. The SMILES string of the molecule is COc1ccc(-c2sccc2P(C)C)cc1. The first kappa shape index (κ1) is 11.6. The van der Waals surface area contributed by atoms with E-state index in [1.54, 1.807) is 7.11 Å². The molecule has 1 aromatic carbocycles. The predicted octanol–water partition coefficient (Wildman–Crippen LogP) is 3.79. The highest BCUT2D eigenvalue weighted by Gasteiger charge is 2.09. The zero-order chi connectivity index (χ0) is 11.5. The first-order valence-corrected chi connectivity index (χ1v) is 8.23. The van der Waals surface area contributed by atoms with E-state index < -0.39 is 0 Å². The van der Waals surface area contributed by atoms with Crippen molar-refractivity contribution in [2.75, 3.05) is 20.4 Å². The van der Waals surface area contributed by atoms with E-state index in [-0.39, 0.29) is 7.92 Å². The number of rotatable bonds is 3. The van der Waals surface area contributed by atoms with Gasteiger partial charge in [0.2, 0.25) is 0 Å². The molecule has 3 heteroatoms. The van der Waals surface area contributed by atoms with Gasteiger partial charge >= 0.3 is 0 Å². The van der Waals surface area contributed by atoms with Gasteiger partial charge in [0.05, 0.1) is 7.11 Å². The molecule has 1 heterocycles. The lowest BCUT2D eigenvalue weighted by Gasteiger charge is -2.08. The van der Waals surface area contributed by atoms with Crippen LogP contribution in [0.1, 0.15) is 0 Å². The summed E-state index contributed by atoms with van der Waals surface area (Å²) >= 11 is 1.82. The number of ether oxygens (including phenoxy) is 1. The number of methoxy groups -OCH3 is 1. The summed E-state index contributed by atoms with van der Waals surface area (Å²) in [5.74, 6) is 0.914. The lowest BCUT2D eigenvalue weighted by Crippen LogP contribution is -1.97. The van der Waals surface area contributed by atoms with Gasteiger partial charge in [-0.2, -0.15) is 0 Å². The Morgan fingerprint density at radius 1 is 1.06 bits per heavy atom. The van der Waals surface area contributed by atoms with E-state index in [4.69, 9.17) is 4.74 Å². The molecule has 0 amide bonds. The van der Waals surface area contributed by atoms with Gasteiger partial charge in [-0.05, 0) is 59.9 Å². The fraction of sp³-hybridized carbons (Fsp3) is 0.231. The van der Waals surface area contributed by atoms with Gasteiger partial charge in [-0.3, -0.25) is 0 Å². The Bertz CT molecular complexity index is 459. The third kappa shape index (κ3) is 2.28. The van der Waals surface area contributed by atoms with Crippen molar-refractivity contribution < 1.29 is 4.74 Å². The Morgan fingerprint density at radius 3 is 2.31 bits per heavy atom. The lowest BCUT2D eigenvalue weighted by atomic mass is 10.2. The molecule has 0 radical (unpaired) electrons. The molecule has 0 aliphatic heterocycles. The third-order valence-corrected chi connectivity index (χ3v) is 4.93. The van der Waals surface area contributed by atoms with Gasteiger partial charge in [0.1, 0.15) is 5.75 Å². The summed E-state index contributed by atoms with van der Waals surface area (Å²) in [6.45, 7) is 4.59. The number of benzene rings is 1. The van der Waals surface area contributed by atoms with Gasteiger partial charge in [-0.1, -0.05) is 7.92 Å². The Balaban J connectivity index is 2.38. The molecule has 0 saturated carbocycles. The van der Waals surface area contributed by atoms with E-state index in [0.29, 0.717) is 0 Å². The number of thiophene rings is 1. The van der Waals surface area contributed by atoms with E-state index >= 15 is 0 Å². The van der Waals surface area contributed by atoms with Crippen LogP contribution in [0.3, 0.4) is 0 Å². The maximum Gasteiger partial charge on any atom is 0.118 e. The van der Waals surface area contributed by atoms with Crippen LogP contribution in [0.2, 0.25) is 0 Å². The van der Waals surface area contributed by atoms with Crippen molar-refractivity contribution in [2.24, 2.45) is 0 Å². The maximum atomic E-state index is 5.17. The molecule has 0 spiro atoms. The molecule has 84 valence electrons. The molecule has 2 aromatic rings. The zero-order valence-corrected chi connectivity index (χ0v) is 11.4. The van der Waals surface area contributed by atoms with Crippen molar-refractivity contribution in [3.05, 3.63) is 35.7 Å². The molecule has 1 nitrogen and oxygen atoms in total. The van der Waals surface area contributed by atoms with Crippen LogP contribution >= 0.6 is 19.3 Å². The lowest BCUT2D eigenvalue weighted by molar-refractivity contribution is 0.415. The molecule has 16 heavy (non-hydrogen) atoms. The van der Waals surface area contributed by atoms with E-state index in [9.17, 15) is 0 Å². The zero-order valence-electron chi connectivity index (χ0n) is 9.73. The molecule has 1 aromatic heterocycles. The highest BCUT2D eigenvalue weighted by atomic mass is 32.1. The Labute approximate surface area is 102 Å².